The van der Waals surface area contributed by atoms with E-state index in [0.29, 0.717) is 5.13 Å². The van der Waals surface area contributed by atoms with Crippen LogP contribution in [0.5, 0.6) is 0 Å². The molecule has 7 heteroatoms. The third kappa shape index (κ3) is 3.94. The van der Waals surface area contributed by atoms with Gasteiger partial charge < -0.3 is 5.73 Å². The fraction of sp³-hybridized carbons (Fsp3) is 0.357. The average molecular weight is 393 g/mol. The first kappa shape index (κ1) is 16.7. The van der Waals surface area contributed by atoms with Gasteiger partial charge in [0.2, 0.25) is 0 Å². The summed E-state index contributed by atoms with van der Waals surface area (Å²) in [5, 5.41) is 0.601. The van der Waals surface area contributed by atoms with Crippen LogP contribution in [0, 0.1) is 5.82 Å². The number of rotatable bonds is 3. The van der Waals surface area contributed by atoms with Crippen molar-refractivity contribution in [2.24, 2.45) is 0 Å². The quantitative estimate of drug-likeness (QED) is 0.842. The number of anilines is 1. The van der Waals surface area contributed by atoms with Gasteiger partial charge in [0.15, 0.2) is 5.13 Å². The first-order valence-corrected chi connectivity index (χ1v) is 8.13. The maximum absolute atomic E-state index is 13.6. The molecular weight excluding hydrogens is 377 g/mol. The number of nitrogens with two attached hydrogens (primary N) is 1. The molecule has 0 saturated carbocycles. The lowest BCUT2D eigenvalue weighted by atomic mass is 10.0. The molecule has 1 atom stereocenters. The van der Waals surface area contributed by atoms with E-state index in [1.165, 1.54) is 17.4 Å². The molecule has 0 radical (unpaired) electrons. The van der Waals surface area contributed by atoms with Gasteiger partial charge >= 0.3 is 0 Å². The number of benzene rings is 1. The maximum Gasteiger partial charge on any atom is 0.180 e. The minimum absolute atomic E-state index is 0. The highest BCUT2D eigenvalue weighted by molar-refractivity contribution is 9.10. The number of nitrogen functional groups attached to an aromatic ring is 1. The van der Waals surface area contributed by atoms with Crippen LogP contribution in [0.2, 0.25) is 0 Å². The molecule has 21 heavy (non-hydrogen) atoms. The summed E-state index contributed by atoms with van der Waals surface area (Å²) in [4.78, 5) is 7.61. The first-order chi connectivity index (χ1) is 9.61. The Balaban J connectivity index is 0.00000161. The van der Waals surface area contributed by atoms with Crippen molar-refractivity contribution in [3.8, 4) is 0 Å². The molecule has 1 saturated heterocycles. The molecule has 1 aromatic carbocycles. The third-order valence-corrected chi connectivity index (χ3v) is 4.83. The molecule has 1 aromatic heterocycles. The summed E-state index contributed by atoms with van der Waals surface area (Å²) in [5.41, 5.74) is 6.71. The van der Waals surface area contributed by atoms with E-state index < -0.39 is 0 Å². The number of thiazole rings is 1. The zero-order valence-electron chi connectivity index (χ0n) is 11.3. The minimum Gasteiger partial charge on any atom is -0.375 e. The molecular formula is C14H16BrClFN3S. The average Bonchev–Trinajstić information content (AvgIpc) is 2.98. The van der Waals surface area contributed by atoms with Gasteiger partial charge in [-0.1, -0.05) is 15.9 Å². The monoisotopic (exact) mass is 391 g/mol. The Morgan fingerprint density at radius 3 is 2.90 bits per heavy atom. The fourth-order valence-electron chi connectivity index (χ4n) is 2.76. The van der Waals surface area contributed by atoms with Crippen molar-refractivity contribution in [2.75, 3.05) is 12.3 Å². The van der Waals surface area contributed by atoms with E-state index in [1.807, 2.05) is 12.3 Å². The van der Waals surface area contributed by atoms with Gasteiger partial charge in [-0.2, -0.15) is 0 Å². The molecule has 0 amide bonds. The molecule has 1 fully saturated rings. The van der Waals surface area contributed by atoms with Gasteiger partial charge in [-0.15, -0.1) is 23.7 Å². The first-order valence-electron chi connectivity index (χ1n) is 6.52. The van der Waals surface area contributed by atoms with Crippen molar-refractivity contribution in [1.29, 1.82) is 0 Å². The van der Waals surface area contributed by atoms with E-state index in [2.05, 4.69) is 25.8 Å². The highest BCUT2D eigenvalue weighted by Gasteiger charge is 2.27. The molecule has 1 aliphatic rings. The minimum atomic E-state index is -0.191. The number of halogens is 3. The van der Waals surface area contributed by atoms with Crippen LogP contribution < -0.4 is 5.73 Å². The Labute approximate surface area is 141 Å². The van der Waals surface area contributed by atoms with Crippen LogP contribution in [0.3, 0.4) is 0 Å². The second-order valence-electron chi connectivity index (χ2n) is 5.00. The number of likely N-dealkylation sites (tertiary alicyclic amines) is 1. The molecule has 3 nitrogen and oxygen atoms in total. The lowest BCUT2D eigenvalue weighted by molar-refractivity contribution is 0.250. The Kier molecular flexibility index (Phi) is 5.60. The van der Waals surface area contributed by atoms with Crippen molar-refractivity contribution in [1.82, 2.24) is 9.88 Å². The topological polar surface area (TPSA) is 42.1 Å². The van der Waals surface area contributed by atoms with E-state index in [0.717, 1.165) is 40.8 Å². The van der Waals surface area contributed by atoms with Gasteiger partial charge in [-0.25, -0.2) is 9.37 Å². The zero-order chi connectivity index (χ0) is 14.1. The van der Waals surface area contributed by atoms with Crippen molar-refractivity contribution < 1.29 is 4.39 Å². The van der Waals surface area contributed by atoms with E-state index in [9.17, 15) is 4.39 Å². The normalized spacial score (nSPS) is 18.7. The molecule has 2 heterocycles. The number of hydrogen-bond acceptors (Lipinski definition) is 4. The van der Waals surface area contributed by atoms with Crippen LogP contribution in [0.4, 0.5) is 9.52 Å². The summed E-state index contributed by atoms with van der Waals surface area (Å²) >= 11 is 4.89. The zero-order valence-corrected chi connectivity index (χ0v) is 14.5. The Bertz CT molecular complexity index is 602. The smallest absolute Gasteiger partial charge is 0.180 e. The van der Waals surface area contributed by atoms with Gasteiger partial charge in [-0.3, -0.25) is 4.90 Å². The van der Waals surface area contributed by atoms with Crippen LogP contribution in [0.25, 0.3) is 0 Å². The predicted octanol–water partition coefficient (Wildman–Crippen LogP) is 4.39. The molecule has 3 rings (SSSR count). The Morgan fingerprint density at radius 2 is 2.24 bits per heavy atom. The standard InChI is InChI=1S/C14H15BrFN3S.ClH/c15-10-4-9(5-11(16)6-10)13-2-1-3-19(13)8-12-7-18-14(17)20-12;/h4-7,13H,1-3,8H2,(H2,17,18);1H. The molecule has 0 bridgehead atoms. The Morgan fingerprint density at radius 1 is 1.43 bits per heavy atom. The molecule has 0 spiro atoms. The summed E-state index contributed by atoms with van der Waals surface area (Å²) in [6, 6.07) is 5.40. The van der Waals surface area contributed by atoms with Crippen LogP contribution >= 0.6 is 39.7 Å². The molecule has 2 aromatic rings. The fourth-order valence-corrected chi connectivity index (χ4v) is 3.95. The lowest BCUT2D eigenvalue weighted by Gasteiger charge is -2.24. The molecule has 114 valence electrons. The van der Waals surface area contributed by atoms with Crippen molar-refractivity contribution in [2.45, 2.75) is 25.4 Å². The van der Waals surface area contributed by atoms with Gasteiger partial charge in [-0.05, 0) is 43.1 Å². The van der Waals surface area contributed by atoms with Crippen LogP contribution in [0.15, 0.2) is 28.9 Å². The number of nitrogens with zero attached hydrogens (tertiary/aromatic N) is 2. The predicted molar refractivity (Wildman–Crippen MR) is 90.3 cm³/mol. The van der Waals surface area contributed by atoms with Gasteiger partial charge in [0.1, 0.15) is 5.82 Å². The number of aromatic nitrogens is 1. The van der Waals surface area contributed by atoms with E-state index in [-0.39, 0.29) is 24.3 Å². The largest absolute Gasteiger partial charge is 0.375 e. The SMILES string of the molecule is Cl.Nc1ncc(CN2CCCC2c2cc(F)cc(Br)c2)s1. The lowest BCUT2D eigenvalue weighted by Crippen LogP contribution is -2.22. The Hall–Kier alpha value is -0.690. The van der Waals surface area contributed by atoms with Crippen LogP contribution in [0.1, 0.15) is 29.3 Å². The molecule has 2 N–H and O–H groups in total. The highest BCUT2D eigenvalue weighted by Crippen LogP contribution is 2.35. The van der Waals surface area contributed by atoms with Crippen molar-refractivity contribution in [3.63, 3.8) is 0 Å². The van der Waals surface area contributed by atoms with Crippen LogP contribution in [-0.2, 0) is 6.54 Å². The van der Waals surface area contributed by atoms with E-state index in [4.69, 9.17) is 5.73 Å². The number of hydrogen-bond donors (Lipinski definition) is 1. The summed E-state index contributed by atoms with van der Waals surface area (Å²) in [6.45, 7) is 1.85. The molecule has 1 aliphatic heterocycles. The van der Waals surface area contributed by atoms with Crippen LogP contribution in [-0.4, -0.2) is 16.4 Å². The summed E-state index contributed by atoms with van der Waals surface area (Å²) in [5.74, 6) is -0.191. The highest BCUT2D eigenvalue weighted by atomic mass is 79.9. The van der Waals surface area contributed by atoms with E-state index >= 15 is 0 Å². The van der Waals surface area contributed by atoms with E-state index in [1.54, 1.807) is 6.07 Å². The molecule has 0 aliphatic carbocycles. The summed E-state index contributed by atoms with van der Waals surface area (Å²) in [6.07, 6.45) is 4.02. The van der Waals surface area contributed by atoms with Gasteiger partial charge in [0.05, 0.1) is 0 Å². The second-order valence-corrected chi connectivity index (χ2v) is 7.06. The van der Waals surface area contributed by atoms with Crippen molar-refractivity contribution >= 4 is 44.8 Å². The van der Waals surface area contributed by atoms with Crippen molar-refractivity contribution in [3.05, 3.63) is 45.1 Å². The third-order valence-electron chi connectivity index (χ3n) is 3.56. The summed E-state index contributed by atoms with van der Waals surface area (Å²) in [7, 11) is 0. The maximum atomic E-state index is 13.6. The van der Waals surface area contributed by atoms with Gasteiger partial charge in [0.25, 0.3) is 0 Å². The van der Waals surface area contributed by atoms with Gasteiger partial charge in [0, 0.05) is 28.1 Å². The molecule has 1 unspecified atom stereocenters. The second kappa shape index (κ2) is 7.05. The summed E-state index contributed by atoms with van der Waals surface area (Å²) < 4.78 is 14.4.